The minimum absolute atomic E-state index is 0.0779. The number of rotatable bonds is 4. The molecule has 1 N–H and O–H groups in total. The van der Waals surface area contributed by atoms with Crippen molar-refractivity contribution in [2.24, 2.45) is 0 Å². The predicted octanol–water partition coefficient (Wildman–Crippen LogP) is 2.24. The van der Waals surface area contributed by atoms with Gasteiger partial charge in [0, 0.05) is 13.5 Å². The average Bonchev–Trinajstić information content (AvgIpc) is 2.84. The van der Waals surface area contributed by atoms with Crippen LogP contribution in [0.3, 0.4) is 0 Å². The normalized spacial score (nSPS) is 17.2. The Hall–Kier alpha value is -2.64. The summed E-state index contributed by atoms with van der Waals surface area (Å²) in [6.07, 6.45) is -0.639. The molecule has 0 aromatic heterocycles. The van der Waals surface area contributed by atoms with Gasteiger partial charge in [0.1, 0.15) is 18.0 Å². The molecule has 25 heavy (non-hydrogen) atoms. The quantitative estimate of drug-likeness (QED) is 0.840. The van der Waals surface area contributed by atoms with E-state index in [4.69, 9.17) is 9.47 Å². The molecule has 0 radical (unpaired) electrons. The van der Waals surface area contributed by atoms with E-state index in [1.54, 1.807) is 20.8 Å². The van der Waals surface area contributed by atoms with Crippen molar-refractivity contribution < 1.29 is 28.2 Å². The lowest BCUT2D eigenvalue weighted by Gasteiger charge is -2.22. The van der Waals surface area contributed by atoms with E-state index >= 15 is 0 Å². The third kappa shape index (κ3) is 4.68. The summed E-state index contributed by atoms with van der Waals surface area (Å²) >= 11 is 0. The molecule has 1 saturated heterocycles. The summed E-state index contributed by atoms with van der Waals surface area (Å²) in [7, 11) is 0. The maximum Gasteiger partial charge on any atom is 0.414 e. The number of hydrogen-bond donors (Lipinski definition) is 1. The lowest BCUT2D eigenvalue weighted by Crippen LogP contribution is -2.42. The number of nitrogens with one attached hydrogen (secondary N) is 1. The van der Waals surface area contributed by atoms with Crippen LogP contribution in [0.4, 0.5) is 14.9 Å². The number of esters is 1. The zero-order valence-electron chi connectivity index (χ0n) is 14.6. The molecule has 0 saturated carbocycles. The van der Waals surface area contributed by atoms with Gasteiger partial charge in [-0.3, -0.25) is 9.69 Å². The average molecular weight is 352 g/mol. The highest BCUT2D eigenvalue weighted by Gasteiger charge is 2.35. The van der Waals surface area contributed by atoms with Gasteiger partial charge in [-0.2, -0.15) is 0 Å². The van der Waals surface area contributed by atoms with Crippen LogP contribution in [0.25, 0.3) is 0 Å². The first kappa shape index (κ1) is 18.7. The monoisotopic (exact) mass is 352 g/mol. The number of carbonyl (C=O) groups excluding carboxylic acids is 3. The number of amides is 2. The van der Waals surface area contributed by atoms with Gasteiger partial charge in [-0.25, -0.2) is 14.0 Å². The van der Waals surface area contributed by atoms with Gasteiger partial charge < -0.3 is 14.8 Å². The van der Waals surface area contributed by atoms with Crippen molar-refractivity contribution in [3.63, 3.8) is 0 Å². The Labute approximate surface area is 145 Å². The Morgan fingerprint density at radius 2 is 2.08 bits per heavy atom. The van der Waals surface area contributed by atoms with Crippen LogP contribution >= 0.6 is 0 Å². The number of ether oxygens (including phenoxy) is 2. The predicted molar refractivity (Wildman–Crippen MR) is 87.9 cm³/mol. The van der Waals surface area contributed by atoms with Crippen LogP contribution in [0.15, 0.2) is 18.2 Å². The number of halogens is 1. The van der Waals surface area contributed by atoms with Crippen molar-refractivity contribution in [3.05, 3.63) is 29.6 Å². The molecule has 1 unspecified atom stereocenters. The van der Waals surface area contributed by atoms with Crippen molar-refractivity contribution in [1.82, 2.24) is 5.32 Å². The second kappa shape index (κ2) is 7.08. The number of benzene rings is 1. The molecule has 0 spiro atoms. The molecule has 8 heteroatoms. The smallest absolute Gasteiger partial charge is 0.414 e. The molecule has 1 atom stereocenters. The minimum atomic E-state index is -0.801. The third-order valence-corrected chi connectivity index (χ3v) is 3.40. The first-order chi connectivity index (χ1) is 11.6. The van der Waals surface area contributed by atoms with Gasteiger partial charge in [0.15, 0.2) is 0 Å². The maximum absolute atomic E-state index is 14.3. The van der Waals surface area contributed by atoms with Crippen molar-refractivity contribution >= 4 is 23.7 Å². The molecule has 0 bridgehead atoms. The van der Waals surface area contributed by atoms with Gasteiger partial charge in [-0.05, 0) is 39.0 Å². The topological polar surface area (TPSA) is 84.9 Å². The van der Waals surface area contributed by atoms with E-state index in [0.29, 0.717) is 0 Å². The molecule has 1 aromatic carbocycles. The van der Waals surface area contributed by atoms with Crippen LogP contribution < -0.4 is 10.2 Å². The second-order valence-corrected chi connectivity index (χ2v) is 6.70. The molecule has 1 aromatic rings. The summed E-state index contributed by atoms with van der Waals surface area (Å²) in [4.78, 5) is 36.2. The summed E-state index contributed by atoms with van der Waals surface area (Å²) in [6, 6.07) is 3.32. The zero-order chi connectivity index (χ0) is 18.8. The van der Waals surface area contributed by atoms with Crippen LogP contribution in [0.5, 0.6) is 0 Å². The number of hydrogen-bond acceptors (Lipinski definition) is 5. The van der Waals surface area contributed by atoms with Crippen LogP contribution in [0.2, 0.25) is 0 Å². The highest BCUT2D eigenvalue weighted by atomic mass is 19.1. The minimum Gasteiger partial charge on any atom is -0.456 e. The lowest BCUT2D eigenvalue weighted by molar-refractivity contribution is -0.119. The Morgan fingerprint density at radius 1 is 1.40 bits per heavy atom. The number of nitrogens with zero attached hydrogens (tertiary/aromatic N) is 1. The van der Waals surface area contributed by atoms with E-state index in [2.05, 4.69) is 5.32 Å². The van der Waals surface area contributed by atoms with Crippen molar-refractivity contribution in [2.75, 3.05) is 18.1 Å². The van der Waals surface area contributed by atoms with Gasteiger partial charge >= 0.3 is 12.1 Å². The summed E-state index contributed by atoms with van der Waals surface area (Å²) in [5.41, 5.74) is -0.725. The molecular weight excluding hydrogens is 331 g/mol. The molecule has 7 nitrogen and oxygen atoms in total. The van der Waals surface area contributed by atoms with Gasteiger partial charge in [0.2, 0.25) is 5.91 Å². The number of carbonyl (C=O) groups is 3. The van der Waals surface area contributed by atoms with Crippen LogP contribution in [0.1, 0.15) is 38.1 Å². The molecule has 2 amide bonds. The fourth-order valence-electron chi connectivity index (χ4n) is 2.34. The van der Waals surface area contributed by atoms with Crippen LogP contribution in [-0.2, 0) is 14.3 Å². The largest absolute Gasteiger partial charge is 0.456 e. The zero-order valence-corrected chi connectivity index (χ0v) is 14.6. The fourth-order valence-corrected chi connectivity index (χ4v) is 2.34. The maximum atomic E-state index is 14.3. The van der Waals surface area contributed by atoms with Crippen molar-refractivity contribution in [3.8, 4) is 0 Å². The molecule has 1 aliphatic rings. The first-order valence-corrected chi connectivity index (χ1v) is 7.82. The van der Waals surface area contributed by atoms with E-state index in [0.717, 1.165) is 6.07 Å². The summed E-state index contributed by atoms with van der Waals surface area (Å²) in [5.74, 6) is -1.83. The van der Waals surface area contributed by atoms with Crippen LogP contribution in [0, 0.1) is 5.82 Å². The first-order valence-electron chi connectivity index (χ1n) is 7.82. The van der Waals surface area contributed by atoms with Crippen molar-refractivity contribution in [2.45, 2.75) is 39.3 Å². The van der Waals surface area contributed by atoms with E-state index in [1.807, 2.05) is 0 Å². The standard InChI is InChI=1S/C17H21FN2O5/c1-10(21)19-8-12-9-24-16(23)20(12)11-5-6-13(14(18)7-11)15(22)25-17(2,3)4/h5-7,12H,8-9H2,1-4H3,(H,19,21). The van der Waals surface area contributed by atoms with E-state index in [-0.39, 0.29) is 30.3 Å². The molecule has 2 rings (SSSR count). The summed E-state index contributed by atoms with van der Waals surface area (Å²) < 4.78 is 24.5. The van der Waals surface area contributed by atoms with Gasteiger partial charge in [-0.15, -0.1) is 0 Å². The Balaban J connectivity index is 2.22. The summed E-state index contributed by atoms with van der Waals surface area (Å²) in [5, 5.41) is 2.60. The highest BCUT2D eigenvalue weighted by Crippen LogP contribution is 2.26. The highest BCUT2D eigenvalue weighted by molar-refractivity contribution is 5.93. The van der Waals surface area contributed by atoms with Gasteiger partial charge in [-0.1, -0.05) is 0 Å². The lowest BCUT2D eigenvalue weighted by atomic mass is 10.1. The molecular formula is C17H21FN2O5. The van der Waals surface area contributed by atoms with E-state index in [9.17, 15) is 18.8 Å². The number of anilines is 1. The van der Waals surface area contributed by atoms with Crippen molar-refractivity contribution in [1.29, 1.82) is 0 Å². The Kier molecular flexibility index (Phi) is 5.30. The van der Waals surface area contributed by atoms with Gasteiger partial charge in [0.05, 0.1) is 17.3 Å². The molecule has 0 aliphatic carbocycles. The molecule has 136 valence electrons. The molecule has 1 fully saturated rings. The SMILES string of the molecule is CC(=O)NCC1COC(=O)N1c1ccc(C(=O)OC(C)(C)C)c(F)c1. The third-order valence-electron chi connectivity index (χ3n) is 3.40. The number of cyclic esters (lactones) is 1. The van der Waals surface area contributed by atoms with E-state index in [1.165, 1.54) is 24.0 Å². The van der Waals surface area contributed by atoms with Gasteiger partial charge in [0.25, 0.3) is 0 Å². The summed E-state index contributed by atoms with van der Waals surface area (Å²) in [6.45, 7) is 6.67. The van der Waals surface area contributed by atoms with E-state index < -0.39 is 29.5 Å². The Bertz CT molecular complexity index is 699. The fraction of sp³-hybridized carbons (Fsp3) is 0.471. The molecule has 1 aliphatic heterocycles. The second-order valence-electron chi connectivity index (χ2n) is 6.70. The van der Waals surface area contributed by atoms with Crippen LogP contribution in [-0.4, -0.2) is 42.8 Å². The Morgan fingerprint density at radius 3 is 2.64 bits per heavy atom. The molecule has 1 heterocycles.